The van der Waals surface area contributed by atoms with Crippen LogP contribution in [-0.4, -0.2) is 23.0 Å². The van der Waals surface area contributed by atoms with Crippen LogP contribution in [0.4, 0.5) is 0 Å². The lowest BCUT2D eigenvalue weighted by atomic mass is 9.95. The van der Waals surface area contributed by atoms with Crippen LogP contribution >= 0.6 is 0 Å². The van der Waals surface area contributed by atoms with Crippen molar-refractivity contribution in [1.82, 2.24) is 5.32 Å². The van der Waals surface area contributed by atoms with Crippen molar-refractivity contribution in [1.29, 1.82) is 0 Å². The summed E-state index contributed by atoms with van der Waals surface area (Å²) in [5, 5.41) is 11.7. The lowest BCUT2D eigenvalue weighted by Gasteiger charge is -2.19. The molecule has 0 aromatic rings. The summed E-state index contributed by atoms with van der Waals surface area (Å²) in [6, 6.07) is 0.156. The van der Waals surface area contributed by atoms with Gasteiger partial charge in [-0.05, 0) is 19.3 Å². The van der Waals surface area contributed by atoms with Crippen molar-refractivity contribution in [2.75, 3.05) is 0 Å². The number of rotatable bonds is 6. The van der Waals surface area contributed by atoms with E-state index < -0.39 is 17.8 Å². The number of nitrogens with one attached hydrogen (secondary N) is 1. The summed E-state index contributed by atoms with van der Waals surface area (Å²) in [4.78, 5) is 22.5. The summed E-state index contributed by atoms with van der Waals surface area (Å²) >= 11 is 0. The minimum absolute atomic E-state index is 0.150. The largest absolute Gasteiger partial charge is 0.481 e. The van der Waals surface area contributed by atoms with Crippen LogP contribution in [0.15, 0.2) is 0 Å². The highest BCUT2D eigenvalue weighted by atomic mass is 16.4. The van der Waals surface area contributed by atoms with Gasteiger partial charge in [-0.15, -0.1) is 0 Å². The standard InChI is InChI=1S/C12H21NO3/c1-7(6-10-4-5-10)13-11(14)8(2)9(3)12(15)16/h7-10H,4-6H2,1-3H3,(H,13,14)(H,15,16). The van der Waals surface area contributed by atoms with Crippen LogP contribution < -0.4 is 5.32 Å². The molecule has 1 aliphatic carbocycles. The van der Waals surface area contributed by atoms with E-state index in [1.165, 1.54) is 12.8 Å². The lowest BCUT2D eigenvalue weighted by molar-refractivity contribution is -0.146. The Morgan fingerprint density at radius 1 is 1.25 bits per heavy atom. The van der Waals surface area contributed by atoms with Gasteiger partial charge in [0.15, 0.2) is 0 Å². The Morgan fingerprint density at radius 2 is 1.81 bits per heavy atom. The highest BCUT2D eigenvalue weighted by Crippen LogP contribution is 2.33. The SMILES string of the molecule is CC(CC1CC1)NC(=O)C(C)C(C)C(=O)O. The van der Waals surface area contributed by atoms with Crippen molar-refractivity contribution in [3.8, 4) is 0 Å². The Bertz CT molecular complexity index is 273. The van der Waals surface area contributed by atoms with E-state index in [9.17, 15) is 9.59 Å². The number of carbonyl (C=O) groups excluding carboxylic acids is 1. The highest BCUT2D eigenvalue weighted by molar-refractivity contribution is 5.84. The monoisotopic (exact) mass is 227 g/mol. The fourth-order valence-electron chi connectivity index (χ4n) is 1.73. The molecule has 3 unspecified atom stereocenters. The summed E-state index contributed by atoms with van der Waals surface area (Å²) in [5.41, 5.74) is 0. The van der Waals surface area contributed by atoms with Gasteiger partial charge in [0.1, 0.15) is 0 Å². The van der Waals surface area contributed by atoms with Gasteiger partial charge in [0, 0.05) is 12.0 Å². The van der Waals surface area contributed by atoms with Crippen molar-refractivity contribution < 1.29 is 14.7 Å². The Balaban J connectivity index is 2.34. The predicted octanol–water partition coefficient (Wildman–Crippen LogP) is 1.65. The van der Waals surface area contributed by atoms with Crippen molar-refractivity contribution in [3.63, 3.8) is 0 Å². The number of hydrogen-bond donors (Lipinski definition) is 2. The molecule has 0 aromatic heterocycles. The van der Waals surface area contributed by atoms with Gasteiger partial charge in [0.05, 0.1) is 5.92 Å². The second-order valence-corrected chi connectivity index (χ2v) is 5.00. The number of carbonyl (C=O) groups is 2. The van der Waals surface area contributed by atoms with Gasteiger partial charge in [-0.3, -0.25) is 9.59 Å². The lowest BCUT2D eigenvalue weighted by Crippen LogP contribution is -2.40. The molecule has 4 heteroatoms. The molecule has 4 nitrogen and oxygen atoms in total. The fourth-order valence-corrected chi connectivity index (χ4v) is 1.73. The second kappa shape index (κ2) is 5.32. The topological polar surface area (TPSA) is 66.4 Å². The smallest absolute Gasteiger partial charge is 0.307 e. The third-order valence-corrected chi connectivity index (χ3v) is 3.33. The molecule has 16 heavy (non-hydrogen) atoms. The zero-order valence-corrected chi connectivity index (χ0v) is 10.2. The van der Waals surface area contributed by atoms with Crippen LogP contribution in [0.25, 0.3) is 0 Å². The van der Waals surface area contributed by atoms with Crippen LogP contribution in [0.3, 0.4) is 0 Å². The second-order valence-electron chi connectivity index (χ2n) is 5.00. The average molecular weight is 227 g/mol. The third kappa shape index (κ3) is 3.83. The molecule has 1 amide bonds. The maximum Gasteiger partial charge on any atom is 0.307 e. The quantitative estimate of drug-likeness (QED) is 0.725. The summed E-state index contributed by atoms with van der Waals surface area (Å²) in [7, 11) is 0. The summed E-state index contributed by atoms with van der Waals surface area (Å²) in [6.45, 7) is 5.21. The molecule has 1 fully saturated rings. The van der Waals surface area contributed by atoms with E-state index in [2.05, 4.69) is 5.32 Å². The first kappa shape index (κ1) is 13.0. The minimum Gasteiger partial charge on any atom is -0.481 e. The normalized spacial score (nSPS) is 20.9. The Labute approximate surface area is 96.4 Å². The van der Waals surface area contributed by atoms with Crippen LogP contribution in [0.2, 0.25) is 0 Å². The van der Waals surface area contributed by atoms with E-state index in [0.29, 0.717) is 0 Å². The van der Waals surface area contributed by atoms with Gasteiger partial charge in [-0.2, -0.15) is 0 Å². The van der Waals surface area contributed by atoms with Gasteiger partial charge in [-0.1, -0.05) is 26.7 Å². The maximum absolute atomic E-state index is 11.7. The van der Waals surface area contributed by atoms with Crippen LogP contribution in [-0.2, 0) is 9.59 Å². The van der Waals surface area contributed by atoms with E-state index >= 15 is 0 Å². The Morgan fingerprint density at radius 3 is 2.25 bits per heavy atom. The molecule has 1 rings (SSSR count). The molecule has 0 saturated heterocycles. The Kier molecular flexibility index (Phi) is 4.33. The van der Waals surface area contributed by atoms with Crippen LogP contribution in [0, 0.1) is 17.8 Å². The first-order valence-electron chi connectivity index (χ1n) is 5.95. The molecule has 1 aliphatic rings. The fraction of sp³-hybridized carbons (Fsp3) is 0.833. The van der Waals surface area contributed by atoms with Gasteiger partial charge < -0.3 is 10.4 Å². The first-order chi connectivity index (χ1) is 7.41. The molecule has 92 valence electrons. The van der Waals surface area contributed by atoms with Crippen LogP contribution in [0.5, 0.6) is 0 Å². The number of hydrogen-bond acceptors (Lipinski definition) is 2. The van der Waals surface area contributed by atoms with Crippen LogP contribution in [0.1, 0.15) is 40.0 Å². The molecule has 3 atom stereocenters. The van der Waals surface area contributed by atoms with Gasteiger partial charge in [-0.25, -0.2) is 0 Å². The number of aliphatic carboxylic acids is 1. The molecular formula is C12H21NO3. The number of carboxylic acid groups (broad SMARTS) is 1. The zero-order chi connectivity index (χ0) is 12.3. The number of amides is 1. The molecule has 0 spiro atoms. The molecule has 0 radical (unpaired) electrons. The predicted molar refractivity (Wildman–Crippen MR) is 60.9 cm³/mol. The summed E-state index contributed by atoms with van der Waals surface area (Å²) in [5.74, 6) is -1.41. The molecule has 0 bridgehead atoms. The minimum atomic E-state index is -0.919. The molecule has 1 saturated carbocycles. The number of carboxylic acids is 1. The van der Waals surface area contributed by atoms with Crippen molar-refractivity contribution in [2.24, 2.45) is 17.8 Å². The van der Waals surface area contributed by atoms with E-state index in [1.807, 2.05) is 6.92 Å². The highest BCUT2D eigenvalue weighted by Gasteiger charge is 2.28. The van der Waals surface area contributed by atoms with Crippen molar-refractivity contribution in [2.45, 2.75) is 46.1 Å². The van der Waals surface area contributed by atoms with Gasteiger partial charge in [0.2, 0.25) is 5.91 Å². The molecule has 0 aromatic carbocycles. The van der Waals surface area contributed by atoms with E-state index in [4.69, 9.17) is 5.11 Å². The molecule has 0 aliphatic heterocycles. The van der Waals surface area contributed by atoms with Gasteiger partial charge >= 0.3 is 5.97 Å². The Hall–Kier alpha value is -1.06. The van der Waals surface area contributed by atoms with Crippen molar-refractivity contribution in [3.05, 3.63) is 0 Å². The van der Waals surface area contributed by atoms with E-state index in [-0.39, 0.29) is 11.9 Å². The van der Waals surface area contributed by atoms with Gasteiger partial charge in [0.25, 0.3) is 0 Å². The molecular weight excluding hydrogens is 206 g/mol. The summed E-state index contributed by atoms with van der Waals surface area (Å²) < 4.78 is 0. The van der Waals surface area contributed by atoms with Crippen molar-refractivity contribution >= 4 is 11.9 Å². The zero-order valence-electron chi connectivity index (χ0n) is 10.2. The molecule has 0 heterocycles. The summed E-state index contributed by atoms with van der Waals surface area (Å²) in [6.07, 6.45) is 3.54. The first-order valence-corrected chi connectivity index (χ1v) is 5.95. The van der Waals surface area contributed by atoms with E-state index in [1.54, 1.807) is 13.8 Å². The average Bonchev–Trinajstić information content (AvgIpc) is 2.98. The third-order valence-electron chi connectivity index (χ3n) is 3.33. The maximum atomic E-state index is 11.7. The van der Waals surface area contributed by atoms with E-state index in [0.717, 1.165) is 12.3 Å². The molecule has 2 N–H and O–H groups in total.